The quantitative estimate of drug-likeness (QED) is 0.231. The van der Waals surface area contributed by atoms with Gasteiger partial charge in [0.2, 0.25) is 17.8 Å². The van der Waals surface area contributed by atoms with E-state index >= 15 is 0 Å². The fraction of sp³-hybridized carbons (Fsp3) is 0.474. The van der Waals surface area contributed by atoms with Crippen LogP contribution in [0.1, 0.15) is 87.6 Å². The maximum Gasteiger partial charge on any atom is 0.273 e. The summed E-state index contributed by atoms with van der Waals surface area (Å²) in [5.74, 6) is -1.06. The second-order valence-electron chi connectivity index (χ2n) is 15.1. The Balaban J connectivity index is 0.835. The lowest BCUT2D eigenvalue weighted by molar-refractivity contribution is -0.136. The highest BCUT2D eigenvalue weighted by atomic mass is 16.2. The summed E-state index contributed by atoms with van der Waals surface area (Å²) in [6.07, 6.45) is 5.25. The molecule has 0 bridgehead atoms. The number of aromatic nitrogens is 3. The van der Waals surface area contributed by atoms with E-state index in [2.05, 4.69) is 47.7 Å². The Kier molecular flexibility index (Phi) is 9.70. The van der Waals surface area contributed by atoms with Gasteiger partial charge in [-0.25, -0.2) is 0 Å². The molecule has 5 aliphatic heterocycles. The molecule has 0 radical (unpaired) electrons. The SMILES string of the molecule is NC(=O)c1nnc(N2CCCC(N)C2)nc1Nc1ccc(C2CCN(CC3CCN(c4ccc5c(c4)C(=O)N(C4CCC(=O)NC4=O)C5=O)C3)CC2)cc1. The topological polar surface area (TPSA) is 213 Å². The number of rotatable bonds is 9. The van der Waals surface area contributed by atoms with Crippen molar-refractivity contribution >= 4 is 52.7 Å². The summed E-state index contributed by atoms with van der Waals surface area (Å²) in [5, 5.41) is 13.7. The molecule has 0 spiro atoms. The summed E-state index contributed by atoms with van der Waals surface area (Å²) in [7, 11) is 0. The summed E-state index contributed by atoms with van der Waals surface area (Å²) in [4.78, 5) is 75.0. The molecule has 4 fully saturated rings. The summed E-state index contributed by atoms with van der Waals surface area (Å²) >= 11 is 0. The van der Waals surface area contributed by atoms with E-state index in [1.165, 1.54) is 5.56 Å². The van der Waals surface area contributed by atoms with E-state index in [0.717, 1.165) is 87.6 Å². The highest BCUT2D eigenvalue weighted by Crippen LogP contribution is 2.34. The van der Waals surface area contributed by atoms with Crippen LogP contribution in [-0.2, 0) is 9.59 Å². The van der Waals surface area contributed by atoms with Crippen LogP contribution in [0.3, 0.4) is 0 Å². The standard InChI is InChI=1S/C38H45N11O5/c39-25-2-1-14-48(21-25)38-43-34(32(33(40)51)44-45-38)41-26-5-3-23(4-6-26)24-12-15-46(16-13-24)19-22-11-17-47(20-22)27-7-8-28-29(18-27)37(54)49(36(28)53)30-9-10-31(50)42-35(30)52/h3-8,18,22,24-25,30H,1-2,9-17,19-21,39H2,(H2,40,51)(H,41,43,45)(H,42,50,52). The lowest BCUT2D eigenvalue weighted by Crippen LogP contribution is -2.54. The number of carbonyl (C=O) groups is 5. The summed E-state index contributed by atoms with van der Waals surface area (Å²) in [5.41, 5.74) is 15.3. The van der Waals surface area contributed by atoms with Crippen LogP contribution in [0.2, 0.25) is 0 Å². The number of hydrogen-bond acceptors (Lipinski definition) is 13. The number of nitrogens with one attached hydrogen (secondary N) is 2. The van der Waals surface area contributed by atoms with Crippen molar-refractivity contribution in [3.63, 3.8) is 0 Å². The smallest absolute Gasteiger partial charge is 0.273 e. The number of carbonyl (C=O) groups excluding carboxylic acids is 5. The lowest BCUT2D eigenvalue weighted by atomic mass is 9.89. The summed E-state index contributed by atoms with van der Waals surface area (Å²) in [6, 6.07) is 12.7. The highest BCUT2D eigenvalue weighted by molar-refractivity contribution is 6.23. The van der Waals surface area contributed by atoms with Crippen LogP contribution in [0.5, 0.6) is 0 Å². The van der Waals surface area contributed by atoms with E-state index in [4.69, 9.17) is 11.5 Å². The second-order valence-corrected chi connectivity index (χ2v) is 15.1. The van der Waals surface area contributed by atoms with Crippen LogP contribution in [0.15, 0.2) is 42.5 Å². The number of benzene rings is 2. The van der Waals surface area contributed by atoms with Crippen LogP contribution in [0.4, 0.5) is 23.1 Å². The normalized spacial score (nSPS) is 23.9. The molecule has 5 amide bonds. The zero-order valence-corrected chi connectivity index (χ0v) is 30.1. The molecule has 6 N–H and O–H groups in total. The van der Waals surface area contributed by atoms with Crippen LogP contribution >= 0.6 is 0 Å². The number of hydrogen-bond donors (Lipinski definition) is 4. The minimum absolute atomic E-state index is 0.0147. The van der Waals surface area contributed by atoms with Crippen molar-refractivity contribution in [2.45, 2.75) is 62.9 Å². The molecule has 5 aliphatic rings. The molecular formula is C38H45N11O5. The number of nitrogens with zero attached hydrogens (tertiary/aromatic N) is 7. The Bertz CT molecular complexity index is 1980. The Morgan fingerprint density at radius 2 is 1.63 bits per heavy atom. The van der Waals surface area contributed by atoms with E-state index in [9.17, 15) is 24.0 Å². The molecule has 54 heavy (non-hydrogen) atoms. The van der Waals surface area contributed by atoms with Gasteiger partial charge in [-0.15, -0.1) is 10.2 Å². The maximum absolute atomic E-state index is 13.3. The number of nitrogens with two attached hydrogens (primary N) is 2. The molecule has 1 aromatic heterocycles. The predicted molar refractivity (Wildman–Crippen MR) is 199 cm³/mol. The van der Waals surface area contributed by atoms with Crippen molar-refractivity contribution in [3.05, 3.63) is 64.8 Å². The first-order chi connectivity index (χ1) is 26.1. The molecule has 3 atom stereocenters. The zero-order valence-electron chi connectivity index (χ0n) is 30.1. The second kappa shape index (κ2) is 14.7. The molecule has 8 rings (SSSR count). The number of amides is 5. The predicted octanol–water partition coefficient (Wildman–Crippen LogP) is 1.75. The lowest BCUT2D eigenvalue weighted by Gasteiger charge is -2.34. The number of piperidine rings is 3. The van der Waals surface area contributed by atoms with Crippen LogP contribution < -0.4 is 31.9 Å². The molecule has 282 valence electrons. The van der Waals surface area contributed by atoms with Crippen molar-refractivity contribution in [3.8, 4) is 0 Å². The first-order valence-corrected chi connectivity index (χ1v) is 18.9. The van der Waals surface area contributed by atoms with E-state index < -0.39 is 35.6 Å². The van der Waals surface area contributed by atoms with E-state index in [0.29, 0.717) is 35.5 Å². The molecule has 2 aromatic carbocycles. The van der Waals surface area contributed by atoms with Crippen LogP contribution in [0, 0.1) is 5.92 Å². The van der Waals surface area contributed by atoms with Gasteiger partial charge in [-0.3, -0.25) is 34.2 Å². The van der Waals surface area contributed by atoms with Crippen molar-refractivity contribution in [2.75, 3.05) is 60.9 Å². The van der Waals surface area contributed by atoms with E-state index in [-0.39, 0.29) is 30.4 Å². The molecule has 6 heterocycles. The Morgan fingerprint density at radius 3 is 2.37 bits per heavy atom. The number of anilines is 4. The molecular weight excluding hydrogens is 690 g/mol. The monoisotopic (exact) mass is 735 g/mol. The van der Waals surface area contributed by atoms with Gasteiger partial charge in [-0.1, -0.05) is 12.1 Å². The molecule has 16 nitrogen and oxygen atoms in total. The highest BCUT2D eigenvalue weighted by Gasteiger charge is 2.45. The largest absolute Gasteiger partial charge is 0.371 e. The molecule has 0 aliphatic carbocycles. The minimum Gasteiger partial charge on any atom is -0.371 e. The molecule has 3 aromatic rings. The Labute approximate surface area is 312 Å². The Morgan fingerprint density at radius 1 is 0.852 bits per heavy atom. The first-order valence-electron chi connectivity index (χ1n) is 18.9. The molecule has 3 unspecified atom stereocenters. The third-order valence-electron chi connectivity index (χ3n) is 11.5. The van der Waals surface area contributed by atoms with Crippen molar-refractivity contribution in [1.82, 2.24) is 30.3 Å². The summed E-state index contributed by atoms with van der Waals surface area (Å²) in [6.45, 7) is 6.13. The van der Waals surface area contributed by atoms with Gasteiger partial charge in [0.05, 0.1) is 11.1 Å². The van der Waals surface area contributed by atoms with Gasteiger partial charge in [-0.05, 0) is 99.3 Å². The van der Waals surface area contributed by atoms with Crippen LogP contribution in [-0.4, -0.2) is 112 Å². The van der Waals surface area contributed by atoms with Gasteiger partial charge in [0.15, 0.2) is 11.5 Å². The first kappa shape index (κ1) is 35.5. The zero-order chi connectivity index (χ0) is 37.5. The van der Waals surface area contributed by atoms with Crippen molar-refractivity contribution in [2.24, 2.45) is 17.4 Å². The number of fused-ring (bicyclic) bond motifs is 1. The molecule has 16 heteroatoms. The number of imide groups is 2. The number of likely N-dealkylation sites (tertiary alicyclic amines) is 1. The van der Waals surface area contributed by atoms with Crippen molar-refractivity contribution < 1.29 is 24.0 Å². The minimum atomic E-state index is -0.972. The fourth-order valence-corrected chi connectivity index (χ4v) is 8.56. The van der Waals surface area contributed by atoms with Gasteiger partial charge in [0.1, 0.15) is 6.04 Å². The van der Waals surface area contributed by atoms with Crippen LogP contribution in [0.25, 0.3) is 0 Å². The number of primary amides is 1. The van der Waals surface area contributed by atoms with E-state index in [1.54, 1.807) is 12.1 Å². The average molecular weight is 736 g/mol. The van der Waals surface area contributed by atoms with Gasteiger partial charge in [-0.2, -0.15) is 4.98 Å². The van der Waals surface area contributed by atoms with Gasteiger partial charge < -0.3 is 31.5 Å². The maximum atomic E-state index is 13.3. The van der Waals surface area contributed by atoms with Gasteiger partial charge in [0, 0.05) is 56.6 Å². The summed E-state index contributed by atoms with van der Waals surface area (Å²) < 4.78 is 0. The fourth-order valence-electron chi connectivity index (χ4n) is 8.56. The average Bonchev–Trinajstić information content (AvgIpc) is 3.73. The van der Waals surface area contributed by atoms with Gasteiger partial charge >= 0.3 is 0 Å². The van der Waals surface area contributed by atoms with Crippen molar-refractivity contribution in [1.29, 1.82) is 0 Å². The molecule has 0 saturated carbocycles. The van der Waals surface area contributed by atoms with Gasteiger partial charge in [0.25, 0.3) is 17.7 Å². The Hall–Kier alpha value is -5.48. The third kappa shape index (κ3) is 7.10. The third-order valence-corrected chi connectivity index (χ3v) is 11.5. The molecule has 4 saturated heterocycles. The van der Waals surface area contributed by atoms with E-state index in [1.807, 2.05) is 23.1 Å².